The molecule has 1 aliphatic heterocycles. The summed E-state index contributed by atoms with van der Waals surface area (Å²) in [5.74, 6) is -0.915. The maximum atomic E-state index is 13.3. The third kappa shape index (κ3) is 4.59. The van der Waals surface area contributed by atoms with E-state index in [4.69, 9.17) is 4.74 Å². The fraction of sp³-hybridized carbons (Fsp3) is 0.115. The Hall–Kier alpha value is -3.71. The highest BCUT2D eigenvalue weighted by molar-refractivity contribution is 9.10. The van der Waals surface area contributed by atoms with Gasteiger partial charge in [-0.15, -0.1) is 0 Å². The molecule has 1 aliphatic rings. The predicted molar refractivity (Wildman–Crippen MR) is 130 cm³/mol. The number of carbonyl (C=O) groups excluding carboxylic acids is 3. The average Bonchev–Trinajstić information content (AvgIpc) is 2.79. The highest BCUT2D eigenvalue weighted by Crippen LogP contribution is 2.29. The van der Waals surface area contributed by atoms with Crippen molar-refractivity contribution in [3.8, 4) is 5.75 Å². The first kappa shape index (κ1) is 22.5. The SMILES string of the molecule is Cc1cccc(N2C(=O)NC(=O)/C(=C\c3ccccc3OCc3ccccc3Br)C2=O)c1C. The normalized spacial score (nSPS) is 15.1. The van der Waals surface area contributed by atoms with Gasteiger partial charge in [-0.25, -0.2) is 9.69 Å². The molecule has 0 saturated carbocycles. The van der Waals surface area contributed by atoms with Crippen LogP contribution in [-0.2, 0) is 16.2 Å². The largest absolute Gasteiger partial charge is 0.488 e. The summed E-state index contributed by atoms with van der Waals surface area (Å²) in [5.41, 5.74) is 3.52. The molecule has 0 spiro atoms. The molecule has 0 unspecified atom stereocenters. The van der Waals surface area contributed by atoms with E-state index in [1.807, 2.05) is 50.2 Å². The van der Waals surface area contributed by atoms with Gasteiger partial charge in [-0.1, -0.05) is 64.5 Å². The summed E-state index contributed by atoms with van der Waals surface area (Å²) in [5, 5.41) is 2.27. The standard InChI is InChI=1S/C26H21BrN2O4/c1-16-8-7-12-22(17(16)2)29-25(31)20(24(30)28-26(29)32)14-18-9-4-6-13-23(18)33-15-19-10-3-5-11-21(19)27/h3-14H,15H2,1-2H3,(H,28,30,32)/b20-14+. The molecule has 0 radical (unpaired) electrons. The van der Waals surface area contributed by atoms with Crippen LogP contribution in [0.3, 0.4) is 0 Å². The summed E-state index contributed by atoms with van der Waals surface area (Å²) in [6.07, 6.45) is 1.46. The summed E-state index contributed by atoms with van der Waals surface area (Å²) in [6.45, 7) is 4.02. The van der Waals surface area contributed by atoms with E-state index in [1.54, 1.807) is 30.3 Å². The number of halogens is 1. The third-order valence-electron chi connectivity index (χ3n) is 5.48. The van der Waals surface area contributed by atoms with Crippen molar-refractivity contribution < 1.29 is 19.1 Å². The molecule has 0 aliphatic carbocycles. The van der Waals surface area contributed by atoms with E-state index in [2.05, 4.69) is 21.2 Å². The Balaban J connectivity index is 1.67. The number of ether oxygens (including phenoxy) is 1. The van der Waals surface area contributed by atoms with E-state index in [1.165, 1.54) is 6.08 Å². The maximum absolute atomic E-state index is 13.3. The number of amides is 4. The van der Waals surface area contributed by atoms with E-state index in [-0.39, 0.29) is 5.57 Å². The van der Waals surface area contributed by atoms with Gasteiger partial charge < -0.3 is 4.74 Å². The lowest BCUT2D eigenvalue weighted by Gasteiger charge is -2.28. The lowest BCUT2D eigenvalue weighted by molar-refractivity contribution is -0.122. The molecule has 3 aromatic carbocycles. The number of carbonyl (C=O) groups is 3. The average molecular weight is 505 g/mol. The third-order valence-corrected chi connectivity index (χ3v) is 6.25. The molecule has 33 heavy (non-hydrogen) atoms. The van der Waals surface area contributed by atoms with Gasteiger partial charge in [0, 0.05) is 15.6 Å². The van der Waals surface area contributed by atoms with E-state index in [9.17, 15) is 14.4 Å². The maximum Gasteiger partial charge on any atom is 0.335 e. The second-order valence-corrected chi connectivity index (χ2v) is 8.45. The Morgan fingerprint density at radius 1 is 0.939 bits per heavy atom. The number of aryl methyl sites for hydroxylation is 1. The van der Waals surface area contributed by atoms with E-state index in [0.717, 1.165) is 26.1 Å². The molecule has 7 heteroatoms. The van der Waals surface area contributed by atoms with Crippen molar-refractivity contribution in [2.75, 3.05) is 4.90 Å². The summed E-state index contributed by atoms with van der Waals surface area (Å²) < 4.78 is 6.91. The lowest BCUT2D eigenvalue weighted by atomic mass is 10.0. The molecule has 1 heterocycles. The Morgan fingerprint density at radius 2 is 1.67 bits per heavy atom. The van der Waals surface area contributed by atoms with E-state index in [0.29, 0.717) is 23.6 Å². The fourth-order valence-corrected chi connectivity index (χ4v) is 3.91. The number of barbiturate groups is 1. The van der Waals surface area contributed by atoms with Crippen molar-refractivity contribution in [1.82, 2.24) is 5.32 Å². The molecule has 166 valence electrons. The van der Waals surface area contributed by atoms with Crippen LogP contribution in [0.25, 0.3) is 6.08 Å². The highest BCUT2D eigenvalue weighted by Gasteiger charge is 2.37. The van der Waals surface area contributed by atoms with Gasteiger partial charge in [0.05, 0.1) is 5.69 Å². The number of hydrogen-bond acceptors (Lipinski definition) is 4. The fourth-order valence-electron chi connectivity index (χ4n) is 3.51. The van der Waals surface area contributed by atoms with Crippen LogP contribution in [0.1, 0.15) is 22.3 Å². The van der Waals surface area contributed by atoms with Crippen LogP contribution < -0.4 is 15.0 Å². The molecule has 0 aromatic heterocycles. The van der Waals surface area contributed by atoms with Crippen molar-refractivity contribution in [3.05, 3.63) is 99.0 Å². The molecular formula is C26H21BrN2O4. The summed E-state index contributed by atoms with van der Waals surface area (Å²) in [7, 11) is 0. The first-order valence-corrected chi connectivity index (χ1v) is 11.1. The summed E-state index contributed by atoms with van der Waals surface area (Å²) in [4.78, 5) is 39.4. The number of imide groups is 2. The Bertz CT molecular complexity index is 1300. The molecule has 4 rings (SSSR count). The second kappa shape index (κ2) is 9.42. The van der Waals surface area contributed by atoms with Gasteiger partial charge in [0.15, 0.2) is 0 Å². The van der Waals surface area contributed by atoms with Crippen LogP contribution in [0.4, 0.5) is 10.5 Å². The van der Waals surface area contributed by atoms with Gasteiger partial charge in [0.25, 0.3) is 11.8 Å². The first-order valence-electron chi connectivity index (χ1n) is 10.3. The summed E-state index contributed by atoms with van der Waals surface area (Å²) in [6, 6.07) is 19.4. The van der Waals surface area contributed by atoms with Gasteiger partial charge in [-0.3, -0.25) is 14.9 Å². The van der Waals surface area contributed by atoms with Gasteiger partial charge in [-0.05, 0) is 49.2 Å². The Labute approximate surface area is 200 Å². The molecule has 0 atom stereocenters. The van der Waals surface area contributed by atoms with Gasteiger partial charge in [0.2, 0.25) is 0 Å². The van der Waals surface area contributed by atoms with Gasteiger partial charge in [-0.2, -0.15) is 0 Å². The van der Waals surface area contributed by atoms with Crippen LogP contribution in [0, 0.1) is 13.8 Å². The highest BCUT2D eigenvalue weighted by atomic mass is 79.9. The van der Waals surface area contributed by atoms with Crippen LogP contribution in [-0.4, -0.2) is 17.8 Å². The zero-order chi connectivity index (χ0) is 23.5. The number of urea groups is 1. The molecule has 0 bridgehead atoms. The number of hydrogen-bond donors (Lipinski definition) is 1. The number of benzene rings is 3. The van der Waals surface area contributed by atoms with Crippen LogP contribution >= 0.6 is 15.9 Å². The lowest BCUT2D eigenvalue weighted by Crippen LogP contribution is -2.54. The monoisotopic (exact) mass is 504 g/mol. The number of nitrogens with zero attached hydrogens (tertiary/aromatic N) is 1. The van der Waals surface area contributed by atoms with Crippen LogP contribution in [0.2, 0.25) is 0 Å². The van der Waals surface area contributed by atoms with E-state index < -0.39 is 17.8 Å². The minimum absolute atomic E-state index is 0.146. The van der Waals surface area contributed by atoms with Crippen molar-refractivity contribution in [1.29, 1.82) is 0 Å². The van der Waals surface area contributed by atoms with Crippen molar-refractivity contribution in [2.24, 2.45) is 0 Å². The van der Waals surface area contributed by atoms with Crippen LogP contribution in [0.5, 0.6) is 5.75 Å². The Morgan fingerprint density at radius 3 is 2.45 bits per heavy atom. The topological polar surface area (TPSA) is 75.7 Å². The zero-order valence-corrected chi connectivity index (χ0v) is 19.7. The first-order chi connectivity index (χ1) is 15.9. The van der Waals surface area contributed by atoms with Gasteiger partial charge in [0.1, 0.15) is 17.9 Å². The molecule has 3 aromatic rings. The molecular weight excluding hydrogens is 484 g/mol. The Kier molecular flexibility index (Phi) is 6.42. The minimum Gasteiger partial charge on any atom is -0.488 e. The molecule has 1 fully saturated rings. The van der Waals surface area contributed by atoms with Crippen molar-refractivity contribution in [2.45, 2.75) is 20.5 Å². The predicted octanol–water partition coefficient (Wildman–Crippen LogP) is 5.31. The smallest absolute Gasteiger partial charge is 0.335 e. The second-order valence-electron chi connectivity index (χ2n) is 7.59. The van der Waals surface area contributed by atoms with Crippen LogP contribution in [0.15, 0.2) is 76.8 Å². The van der Waals surface area contributed by atoms with Gasteiger partial charge >= 0.3 is 6.03 Å². The van der Waals surface area contributed by atoms with Crippen molar-refractivity contribution in [3.63, 3.8) is 0 Å². The minimum atomic E-state index is -0.769. The zero-order valence-electron chi connectivity index (χ0n) is 18.1. The quantitative estimate of drug-likeness (QED) is 0.377. The summed E-state index contributed by atoms with van der Waals surface area (Å²) >= 11 is 3.50. The number of para-hydroxylation sites is 1. The molecule has 4 amide bonds. The number of rotatable bonds is 5. The molecule has 1 saturated heterocycles. The molecule has 1 N–H and O–H groups in total. The molecule has 6 nitrogen and oxygen atoms in total. The number of anilines is 1. The van der Waals surface area contributed by atoms with E-state index >= 15 is 0 Å². The van der Waals surface area contributed by atoms with Crippen molar-refractivity contribution >= 4 is 45.5 Å². The number of nitrogens with one attached hydrogen (secondary N) is 1.